The Hall–Kier alpha value is -1.69. The van der Waals surface area contributed by atoms with Gasteiger partial charge in [-0.25, -0.2) is 0 Å². The first-order valence-electron chi connectivity index (χ1n) is 7.41. The molecule has 1 saturated heterocycles. The highest BCUT2D eigenvalue weighted by atomic mass is 32.1. The number of carbonyl (C=O) groups excluding carboxylic acids is 1. The molecule has 2 aromatic heterocycles. The highest BCUT2D eigenvalue weighted by molar-refractivity contribution is 7.13. The van der Waals surface area contributed by atoms with Crippen LogP contribution in [0.4, 0.5) is 0 Å². The second-order valence-corrected chi connectivity index (χ2v) is 7.27. The molecule has 5 nitrogen and oxygen atoms in total. The van der Waals surface area contributed by atoms with Crippen molar-refractivity contribution in [1.29, 1.82) is 0 Å². The van der Waals surface area contributed by atoms with Crippen LogP contribution in [0.25, 0.3) is 0 Å². The smallest absolute Gasteiger partial charge is 0.264 e. The molecule has 2 aromatic rings. The molecular formula is C15H18N4OS. The number of aryl methyl sites for hydroxylation is 2. The molecule has 0 spiro atoms. The summed E-state index contributed by atoms with van der Waals surface area (Å²) in [5.41, 5.74) is 0. The fraction of sp³-hybridized carbons (Fsp3) is 0.533. The van der Waals surface area contributed by atoms with Gasteiger partial charge in [-0.05, 0) is 38.8 Å². The van der Waals surface area contributed by atoms with E-state index in [1.807, 2.05) is 26.0 Å². The van der Waals surface area contributed by atoms with Crippen molar-refractivity contribution in [2.24, 2.45) is 0 Å². The molecule has 0 aromatic carbocycles. The van der Waals surface area contributed by atoms with E-state index in [4.69, 9.17) is 0 Å². The minimum absolute atomic E-state index is 0.192. The van der Waals surface area contributed by atoms with Crippen molar-refractivity contribution in [3.8, 4) is 0 Å². The Labute approximate surface area is 127 Å². The largest absolute Gasteiger partial charge is 0.330 e. The van der Waals surface area contributed by atoms with E-state index >= 15 is 0 Å². The lowest BCUT2D eigenvalue weighted by Crippen LogP contribution is -2.41. The highest BCUT2D eigenvalue weighted by Crippen LogP contribution is 2.33. The monoisotopic (exact) mass is 302 g/mol. The Bertz CT molecular complexity index is 704. The first kappa shape index (κ1) is 13.0. The molecule has 0 N–H and O–H groups in total. The fourth-order valence-electron chi connectivity index (χ4n) is 3.58. The van der Waals surface area contributed by atoms with Gasteiger partial charge in [-0.1, -0.05) is 0 Å². The number of aromatic nitrogens is 3. The molecule has 2 bridgehead atoms. The standard InChI is InChI=1S/C15H18N4OS/c1-9-3-6-13(21-9)15(20)19-11-4-5-12(19)8-18-10(2)16-17-14(18)7-11/h3,6,11-12H,4-5,7-8H2,1-2H3. The molecule has 1 amide bonds. The van der Waals surface area contributed by atoms with Crippen molar-refractivity contribution in [2.45, 2.75) is 51.7 Å². The highest BCUT2D eigenvalue weighted by Gasteiger charge is 2.41. The summed E-state index contributed by atoms with van der Waals surface area (Å²) >= 11 is 1.59. The van der Waals surface area contributed by atoms with Gasteiger partial charge in [0, 0.05) is 23.9 Å². The van der Waals surface area contributed by atoms with Crippen molar-refractivity contribution >= 4 is 17.2 Å². The van der Waals surface area contributed by atoms with Crippen LogP contribution in [0.5, 0.6) is 0 Å². The van der Waals surface area contributed by atoms with Crippen LogP contribution in [-0.4, -0.2) is 37.7 Å². The normalized spacial score (nSPS) is 24.0. The van der Waals surface area contributed by atoms with Crippen LogP contribution in [0.1, 0.15) is 39.0 Å². The predicted octanol–water partition coefficient (Wildman–Crippen LogP) is 2.19. The number of amides is 1. The molecule has 2 aliphatic heterocycles. The van der Waals surface area contributed by atoms with Gasteiger partial charge in [0.1, 0.15) is 11.6 Å². The molecule has 21 heavy (non-hydrogen) atoms. The van der Waals surface area contributed by atoms with E-state index in [0.29, 0.717) is 0 Å². The first-order valence-corrected chi connectivity index (χ1v) is 8.23. The number of nitrogens with zero attached hydrogens (tertiary/aromatic N) is 4. The van der Waals surface area contributed by atoms with Crippen LogP contribution in [0.2, 0.25) is 0 Å². The molecule has 110 valence electrons. The lowest BCUT2D eigenvalue weighted by Gasteiger charge is -2.27. The van der Waals surface area contributed by atoms with Crippen molar-refractivity contribution in [3.05, 3.63) is 33.5 Å². The SMILES string of the molecule is Cc1ccc(C(=O)N2C3CCC2Cn2c(C)nnc2C3)s1. The van der Waals surface area contributed by atoms with Crippen LogP contribution >= 0.6 is 11.3 Å². The minimum Gasteiger partial charge on any atom is -0.330 e. The summed E-state index contributed by atoms with van der Waals surface area (Å²) in [6.07, 6.45) is 2.98. The molecule has 2 atom stereocenters. The van der Waals surface area contributed by atoms with Gasteiger partial charge in [0.05, 0.1) is 10.9 Å². The van der Waals surface area contributed by atoms with Gasteiger partial charge < -0.3 is 9.47 Å². The van der Waals surface area contributed by atoms with Crippen molar-refractivity contribution < 1.29 is 4.79 Å². The summed E-state index contributed by atoms with van der Waals surface area (Å²) < 4.78 is 2.18. The zero-order valence-corrected chi connectivity index (χ0v) is 13.1. The molecule has 2 unspecified atom stereocenters. The average molecular weight is 302 g/mol. The van der Waals surface area contributed by atoms with Crippen molar-refractivity contribution in [1.82, 2.24) is 19.7 Å². The Morgan fingerprint density at radius 3 is 2.81 bits per heavy atom. The second kappa shape index (κ2) is 4.66. The maximum absolute atomic E-state index is 12.9. The van der Waals surface area contributed by atoms with Crippen LogP contribution in [0.15, 0.2) is 12.1 Å². The minimum atomic E-state index is 0.192. The molecule has 6 heteroatoms. The van der Waals surface area contributed by atoms with Crippen molar-refractivity contribution in [3.63, 3.8) is 0 Å². The summed E-state index contributed by atoms with van der Waals surface area (Å²) in [5.74, 6) is 2.17. The fourth-order valence-corrected chi connectivity index (χ4v) is 4.40. The molecule has 0 saturated carbocycles. The molecule has 0 aliphatic carbocycles. The summed E-state index contributed by atoms with van der Waals surface area (Å²) in [7, 11) is 0. The summed E-state index contributed by atoms with van der Waals surface area (Å²) in [6.45, 7) is 4.87. The van der Waals surface area contributed by atoms with Crippen LogP contribution < -0.4 is 0 Å². The molecule has 2 aliphatic rings. The third-order valence-electron chi connectivity index (χ3n) is 4.63. The summed E-state index contributed by atoms with van der Waals surface area (Å²) in [6, 6.07) is 4.53. The third kappa shape index (κ3) is 2.00. The lowest BCUT2D eigenvalue weighted by atomic mass is 10.1. The number of thiophene rings is 1. The van der Waals surface area contributed by atoms with Gasteiger partial charge in [-0.3, -0.25) is 4.79 Å². The topological polar surface area (TPSA) is 51.0 Å². The molecule has 4 heterocycles. The number of hydrogen-bond acceptors (Lipinski definition) is 4. The predicted molar refractivity (Wildman–Crippen MR) is 80.5 cm³/mol. The Morgan fingerprint density at radius 1 is 1.24 bits per heavy atom. The van der Waals surface area contributed by atoms with Crippen molar-refractivity contribution in [2.75, 3.05) is 0 Å². The van der Waals surface area contributed by atoms with Gasteiger partial charge in [-0.15, -0.1) is 21.5 Å². The number of fused-ring (bicyclic) bond motifs is 3. The van der Waals surface area contributed by atoms with E-state index in [0.717, 1.165) is 42.3 Å². The second-order valence-electron chi connectivity index (χ2n) is 5.99. The molecular weight excluding hydrogens is 284 g/mol. The van der Waals surface area contributed by atoms with Gasteiger partial charge in [0.25, 0.3) is 5.91 Å². The van der Waals surface area contributed by atoms with E-state index in [1.54, 1.807) is 11.3 Å². The maximum atomic E-state index is 12.9. The maximum Gasteiger partial charge on any atom is 0.264 e. The molecule has 0 radical (unpaired) electrons. The van der Waals surface area contributed by atoms with E-state index in [9.17, 15) is 4.79 Å². The van der Waals surface area contributed by atoms with Crippen LogP contribution in [0, 0.1) is 13.8 Å². The Kier molecular flexibility index (Phi) is 2.89. The number of hydrogen-bond donors (Lipinski definition) is 0. The average Bonchev–Trinajstić information content (AvgIpc) is 3.09. The van der Waals surface area contributed by atoms with Gasteiger partial charge in [-0.2, -0.15) is 0 Å². The summed E-state index contributed by atoms with van der Waals surface area (Å²) in [4.78, 5) is 17.0. The Balaban J connectivity index is 1.67. The third-order valence-corrected chi connectivity index (χ3v) is 5.62. The van der Waals surface area contributed by atoms with E-state index in [1.165, 1.54) is 4.88 Å². The zero-order chi connectivity index (χ0) is 14.6. The van der Waals surface area contributed by atoms with Gasteiger partial charge in [0.15, 0.2) is 0 Å². The van der Waals surface area contributed by atoms with E-state index in [2.05, 4.69) is 19.7 Å². The summed E-state index contributed by atoms with van der Waals surface area (Å²) in [5, 5.41) is 8.46. The quantitative estimate of drug-likeness (QED) is 0.811. The lowest BCUT2D eigenvalue weighted by molar-refractivity contribution is 0.0670. The zero-order valence-electron chi connectivity index (χ0n) is 12.2. The van der Waals surface area contributed by atoms with E-state index < -0.39 is 0 Å². The van der Waals surface area contributed by atoms with Crippen LogP contribution in [0.3, 0.4) is 0 Å². The van der Waals surface area contributed by atoms with Crippen LogP contribution in [-0.2, 0) is 13.0 Å². The van der Waals surface area contributed by atoms with Gasteiger partial charge in [0.2, 0.25) is 0 Å². The van der Waals surface area contributed by atoms with E-state index in [-0.39, 0.29) is 18.0 Å². The molecule has 1 fully saturated rings. The number of rotatable bonds is 1. The first-order chi connectivity index (χ1) is 10.1. The molecule has 4 rings (SSSR count). The van der Waals surface area contributed by atoms with Gasteiger partial charge >= 0.3 is 0 Å². The number of carbonyl (C=O) groups is 1. The Morgan fingerprint density at radius 2 is 2.05 bits per heavy atom.